The molecule has 0 bridgehead atoms. The Morgan fingerprint density at radius 2 is 1.31 bits per heavy atom. The maximum Gasteiger partial charge on any atom is 0.391 e. The van der Waals surface area contributed by atoms with Crippen molar-refractivity contribution < 1.29 is 13.2 Å². The Labute approximate surface area is 77.5 Å². The van der Waals surface area contributed by atoms with Gasteiger partial charge in [0.25, 0.3) is 0 Å². The third-order valence-corrected chi connectivity index (χ3v) is 4.15. The van der Waals surface area contributed by atoms with Crippen molar-refractivity contribution in [1.82, 2.24) is 0 Å². The van der Waals surface area contributed by atoms with Crippen molar-refractivity contribution in [3.63, 3.8) is 0 Å². The predicted octanol–water partition coefficient (Wildman–Crippen LogP) is 3.87. The van der Waals surface area contributed by atoms with E-state index >= 15 is 0 Å². The highest BCUT2D eigenvalue weighted by molar-refractivity contribution is 5.14. The number of alkyl halides is 3. The van der Waals surface area contributed by atoms with Gasteiger partial charge in [0.1, 0.15) is 0 Å². The summed E-state index contributed by atoms with van der Waals surface area (Å²) >= 11 is 0. The summed E-state index contributed by atoms with van der Waals surface area (Å²) in [6.07, 6.45) is -4.05. The van der Waals surface area contributed by atoms with Crippen LogP contribution in [-0.2, 0) is 0 Å². The van der Waals surface area contributed by atoms with Gasteiger partial charge < -0.3 is 0 Å². The minimum absolute atomic E-state index is 0.179. The number of halogens is 3. The Hall–Kier alpha value is -0.210. The molecule has 0 saturated heterocycles. The third kappa shape index (κ3) is 1.36. The van der Waals surface area contributed by atoms with E-state index in [-0.39, 0.29) is 16.7 Å². The van der Waals surface area contributed by atoms with Crippen LogP contribution in [0.3, 0.4) is 0 Å². The molecular formula is C10H17F3. The standard InChI is InChI=1S/C10H17F3/c1-6(10(11,12)13)7-8(2,3)9(7,4)5/h6-7H,1-5H3/t6-/m0/s1. The molecule has 0 aliphatic heterocycles. The Kier molecular flexibility index (Phi) is 2.03. The molecule has 1 rings (SSSR count). The molecule has 0 aromatic heterocycles. The molecule has 1 fully saturated rings. The molecular weight excluding hydrogens is 177 g/mol. The van der Waals surface area contributed by atoms with Gasteiger partial charge in [-0.05, 0) is 16.7 Å². The molecule has 3 heteroatoms. The van der Waals surface area contributed by atoms with Crippen LogP contribution in [0, 0.1) is 22.7 Å². The Bertz CT molecular complexity index is 199. The smallest absolute Gasteiger partial charge is 0.171 e. The molecule has 1 saturated carbocycles. The van der Waals surface area contributed by atoms with Crippen LogP contribution in [-0.4, -0.2) is 6.18 Å². The van der Waals surface area contributed by atoms with Crippen molar-refractivity contribution in [2.24, 2.45) is 22.7 Å². The number of hydrogen-bond donors (Lipinski definition) is 0. The van der Waals surface area contributed by atoms with E-state index in [2.05, 4.69) is 0 Å². The normalized spacial score (nSPS) is 28.6. The molecule has 0 unspecified atom stereocenters. The highest BCUT2D eigenvalue weighted by Gasteiger charge is 2.69. The van der Waals surface area contributed by atoms with Gasteiger partial charge >= 0.3 is 6.18 Å². The lowest BCUT2D eigenvalue weighted by Gasteiger charge is -2.17. The first-order valence-corrected chi connectivity index (χ1v) is 4.59. The second-order valence-corrected chi connectivity index (χ2v) is 5.25. The molecule has 0 radical (unpaired) electrons. The Balaban J connectivity index is 2.80. The molecule has 1 aliphatic carbocycles. The fourth-order valence-electron chi connectivity index (χ4n) is 2.69. The summed E-state index contributed by atoms with van der Waals surface area (Å²) in [5.41, 5.74) is -0.357. The van der Waals surface area contributed by atoms with Crippen LogP contribution in [0.15, 0.2) is 0 Å². The second-order valence-electron chi connectivity index (χ2n) is 5.25. The topological polar surface area (TPSA) is 0 Å². The molecule has 78 valence electrons. The molecule has 0 aromatic carbocycles. The van der Waals surface area contributed by atoms with Crippen molar-refractivity contribution in [3.05, 3.63) is 0 Å². The Morgan fingerprint density at radius 3 is 1.38 bits per heavy atom. The van der Waals surface area contributed by atoms with E-state index in [9.17, 15) is 13.2 Å². The first kappa shape index (κ1) is 10.9. The lowest BCUT2D eigenvalue weighted by atomic mass is 9.98. The van der Waals surface area contributed by atoms with Crippen LogP contribution in [0.5, 0.6) is 0 Å². The van der Waals surface area contributed by atoms with Gasteiger partial charge in [-0.2, -0.15) is 13.2 Å². The molecule has 0 aromatic rings. The van der Waals surface area contributed by atoms with Crippen LogP contribution in [0.4, 0.5) is 13.2 Å². The molecule has 1 atom stereocenters. The summed E-state index contributed by atoms with van der Waals surface area (Å²) in [5, 5.41) is 0. The maximum absolute atomic E-state index is 12.4. The average Bonchev–Trinajstić information content (AvgIpc) is 2.21. The van der Waals surface area contributed by atoms with Gasteiger partial charge in [-0.1, -0.05) is 34.6 Å². The van der Waals surface area contributed by atoms with E-state index in [0.29, 0.717) is 0 Å². The van der Waals surface area contributed by atoms with Gasteiger partial charge in [-0.3, -0.25) is 0 Å². The summed E-state index contributed by atoms with van der Waals surface area (Å²) in [5.74, 6) is -1.42. The molecule has 0 amide bonds. The van der Waals surface area contributed by atoms with Gasteiger partial charge in [-0.25, -0.2) is 0 Å². The van der Waals surface area contributed by atoms with Crippen molar-refractivity contribution in [1.29, 1.82) is 0 Å². The van der Waals surface area contributed by atoms with Gasteiger partial charge in [0, 0.05) is 0 Å². The Morgan fingerprint density at radius 1 is 1.00 bits per heavy atom. The average molecular weight is 194 g/mol. The quantitative estimate of drug-likeness (QED) is 0.594. The van der Waals surface area contributed by atoms with Gasteiger partial charge in [-0.15, -0.1) is 0 Å². The van der Waals surface area contributed by atoms with E-state index < -0.39 is 12.1 Å². The van der Waals surface area contributed by atoms with Crippen LogP contribution in [0.2, 0.25) is 0 Å². The molecule has 0 heterocycles. The molecule has 13 heavy (non-hydrogen) atoms. The van der Waals surface area contributed by atoms with Crippen molar-refractivity contribution in [2.45, 2.75) is 40.8 Å². The zero-order valence-electron chi connectivity index (χ0n) is 8.79. The van der Waals surface area contributed by atoms with Crippen LogP contribution in [0.25, 0.3) is 0 Å². The van der Waals surface area contributed by atoms with Crippen LogP contribution in [0.1, 0.15) is 34.6 Å². The maximum atomic E-state index is 12.4. The summed E-state index contributed by atoms with van der Waals surface area (Å²) < 4.78 is 37.3. The monoisotopic (exact) mass is 194 g/mol. The molecule has 0 N–H and O–H groups in total. The zero-order valence-corrected chi connectivity index (χ0v) is 8.79. The summed E-state index contributed by atoms with van der Waals surface area (Å²) in [7, 11) is 0. The SMILES string of the molecule is C[C@@H](C1C(C)(C)C1(C)C)C(F)(F)F. The lowest BCUT2D eigenvalue weighted by Crippen LogP contribution is -2.24. The molecule has 0 spiro atoms. The van der Waals surface area contributed by atoms with Crippen molar-refractivity contribution in [3.8, 4) is 0 Å². The number of hydrogen-bond acceptors (Lipinski definition) is 0. The minimum Gasteiger partial charge on any atom is -0.171 e. The van der Waals surface area contributed by atoms with E-state index in [0.717, 1.165) is 0 Å². The largest absolute Gasteiger partial charge is 0.391 e. The van der Waals surface area contributed by atoms with Gasteiger partial charge in [0.2, 0.25) is 0 Å². The van der Waals surface area contributed by atoms with Crippen molar-refractivity contribution >= 4 is 0 Å². The first-order chi connectivity index (χ1) is 5.53. The summed E-state index contributed by atoms with van der Waals surface area (Å²) in [6.45, 7) is 8.96. The van der Waals surface area contributed by atoms with E-state index in [1.807, 2.05) is 27.7 Å². The van der Waals surface area contributed by atoms with Crippen LogP contribution >= 0.6 is 0 Å². The fraction of sp³-hybridized carbons (Fsp3) is 1.00. The van der Waals surface area contributed by atoms with E-state index in [1.54, 1.807) is 0 Å². The second kappa shape index (κ2) is 2.43. The molecule has 0 nitrogen and oxygen atoms in total. The third-order valence-electron chi connectivity index (χ3n) is 4.15. The highest BCUT2D eigenvalue weighted by Crippen LogP contribution is 2.72. The molecule has 1 aliphatic rings. The predicted molar refractivity (Wildman–Crippen MR) is 46.3 cm³/mol. The van der Waals surface area contributed by atoms with E-state index in [4.69, 9.17) is 0 Å². The minimum atomic E-state index is -4.05. The number of rotatable bonds is 1. The fourth-order valence-corrected chi connectivity index (χ4v) is 2.69. The van der Waals surface area contributed by atoms with Crippen LogP contribution < -0.4 is 0 Å². The summed E-state index contributed by atoms with van der Waals surface area (Å²) in [6, 6.07) is 0. The lowest BCUT2D eigenvalue weighted by molar-refractivity contribution is -0.178. The zero-order chi connectivity index (χ0) is 10.7. The van der Waals surface area contributed by atoms with Gasteiger partial charge in [0.15, 0.2) is 0 Å². The highest BCUT2D eigenvalue weighted by atomic mass is 19.4. The first-order valence-electron chi connectivity index (χ1n) is 4.59. The van der Waals surface area contributed by atoms with E-state index in [1.165, 1.54) is 6.92 Å². The summed E-state index contributed by atoms with van der Waals surface area (Å²) in [4.78, 5) is 0. The van der Waals surface area contributed by atoms with Gasteiger partial charge in [0.05, 0.1) is 5.92 Å². The van der Waals surface area contributed by atoms with Crippen molar-refractivity contribution in [2.75, 3.05) is 0 Å².